The van der Waals surface area contributed by atoms with Crippen molar-refractivity contribution in [2.45, 2.75) is 12.5 Å². The van der Waals surface area contributed by atoms with Crippen LogP contribution in [-0.4, -0.2) is 39.0 Å². The van der Waals surface area contributed by atoms with E-state index in [4.69, 9.17) is 9.47 Å². The van der Waals surface area contributed by atoms with Crippen molar-refractivity contribution in [3.05, 3.63) is 59.7 Å². The first-order valence-corrected chi connectivity index (χ1v) is 9.63. The Labute approximate surface area is 147 Å². The van der Waals surface area contributed by atoms with Gasteiger partial charge in [0.15, 0.2) is 0 Å². The summed E-state index contributed by atoms with van der Waals surface area (Å²) in [5.74, 6) is 1.26. The number of methoxy groups -OCH3 is 2. The Morgan fingerprint density at radius 2 is 1.80 bits per heavy atom. The Bertz CT molecular complexity index is 895. The third-order valence-corrected chi connectivity index (χ3v) is 5.13. The van der Waals surface area contributed by atoms with Crippen LogP contribution < -0.4 is 9.47 Å². The first kappa shape index (κ1) is 17.3. The van der Waals surface area contributed by atoms with E-state index in [1.807, 2.05) is 36.4 Å². The minimum Gasteiger partial charge on any atom is -0.497 e. The normalized spacial score (nSPS) is 17.3. The Hall–Kier alpha value is -2.54. The number of sulfonamides is 1. The molecule has 2 aromatic rings. The van der Waals surface area contributed by atoms with Crippen molar-refractivity contribution in [3.8, 4) is 11.5 Å². The molecule has 0 bridgehead atoms. The second kappa shape index (κ2) is 6.76. The average Bonchev–Trinajstić information content (AvgIpc) is 3.07. The van der Waals surface area contributed by atoms with Gasteiger partial charge in [0.05, 0.1) is 32.2 Å². The third-order valence-electron chi connectivity index (χ3n) is 4.12. The second-order valence-corrected chi connectivity index (χ2v) is 7.62. The molecule has 1 atom stereocenters. The number of hydrogen-bond donors (Lipinski definition) is 0. The van der Waals surface area contributed by atoms with E-state index in [2.05, 4.69) is 5.10 Å². The highest BCUT2D eigenvalue weighted by Crippen LogP contribution is 2.37. The molecule has 0 amide bonds. The van der Waals surface area contributed by atoms with Gasteiger partial charge in [0.25, 0.3) is 0 Å². The molecule has 2 aromatic carbocycles. The van der Waals surface area contributed by atoms with Crippen LogP contribution in [-0.2, 0) is 10.0 Å². The van der Waals surface area contributed by atoms with E-state index in [-0.39, 0.29) is 6.04 Å². The third kappa shape index (κ3) is 3.46. The maximum absolute atomic E-state index is 12.2. The zero-order chi connectivity index (χ0) is 18.0. The highest BCUT2D eigenvalue weighted by Gasteiger charge is 2.35. The van der Waals surface area contributed by atoms with Gasteiger partial charge in [-0.2, -0.15) is 9.52 Å². The van der Waals surface area contributed by atoms with Crippen molar-refractivity contribution in [1.82, 2.24) is 4.41 Å². The van der Waals surface area contributed by atoms with Gasteiger partial charge in [0.1, 0.15) is 11.5 Å². The zero-order valence-corrected chi connectivity index (χ0v) is 15.2. The second-order valence-electron chi connectivity index (χ2n) is 5.78. The molecule has 0 saturated carbocycles. The maximum Gasteiger partial charge on any atom is 0.247 e. The molecule has 25 heavy (non-hydrogen) atoms. The summed E-state index contributed by atoms with van der Waals surface area (Å²) in [5, 5.41) is 4.39. The molecule has 0 fully saturated rings. The van der Waals surface area contributed by atoms with E-state index >= 15 is 0 Å². The molecule has 6 nitrogen and oxygen atoms in total. The van der Waals surface area contributed by atoms with Crippen molar-refractivity contribution < 1.29 is 17.9 Å². The molecule has 0 N–H and O–H groups in total. The fourth-order valence-corrected chi connectivity index (χ4v) is 3.82. The largest absolute Gasteiger partial charge is 0.497 e. The van der Waals surface area contributed by atoms with Crippen LogP contribution in [0.3, 0.4) is 0 Å². The molecular formula is C18H20N2O4S. The average molecular weight is 360 g/mol. The molecule has 0 unspecified atom stereocenters. The van der Waals surface area contributed by atoms with Crippen LogP contribution in [0.25, 0.3) is 0 Å². The minimum atomic E-state index is -3.49. The fourth-order valence-electron chi connectivity index (χ4n) is 2.92. The smallest absolute Gasteiger partial charge is 0.247 e. The highest BCUT2D eigenvalue weighted by atomic mass is 32.2. The van der Waals surface area contributed by atoms with Gasteiger partial charge in [-0.25, -0.2) is 8.42 Å². The monoisotopic (exact) mass is 360 g/mol. The quantitative estimate of drug-likeness (QED) is 0.822. The predicted octanol–water partition coefficient (Wildman–Crippen LogP) is 2.81. The Kier molecular flexibility index (Phi) is 4.67. The Morgan fingerprint density at radius 3 is 2.40 bits per heavy atom. The molecular weight excluding hydrogens is 340 g/mol. The summed E-state index contributed by atoms with van der Waals surface area (Å²) in [6, 6.07) is 14.5. The lowest BCUT2D eigenvalue weighted by Gasteiger charge is -2.21. The number of rotatable bonds is 5. The number of benzene rings is 2. The number of hydrazone groups is 1. The molecule has 1 aliphatic heterocycles. The maximum atomic E-state index is 12.2. The van der Waals surface area contributed by atoms with Gasteiger partial charge in [0.2, 0.25) is 10.0 Å². The summed E-state index contributed by atoms with van der Waals surface area (Å²) in [6.45, 7) is 0. The zero-order valence-electron chi connectivity index (χ0n) is 14.3. The fraction of sp³-hybridized carbons (Fsp3) is 0.278. The molecule has 7 heteroatoms. The van der Waals surface area contributed by atoms with Crippen molar-refractivity contribution in [2.75, 3.05) is 20.5 Å². The molecule has 0 aromatic heterocycles. The van der Waals surface area contributed by atoms with Gasteiger partial charge in [-0.15, -0.1) is 0 Å². The van der Waals surface area contributed by atoms with Crippen LogP contribution >= 0.6 is 0 Å². The van der Waals surface area contributed by atoms with Crippen LogP contribution in [0.4, 0.5) is 0 Å². The topological polar surface area (TPSA) is 68.2 Å². The molecule has 1 heterocycles. The molecule has 0 spiro atoms. The van der Waals surface area contributed by atoms with E-state index < -0.39 is 10.0 Å². The lowest BCUT2D eigenvalue weighted by molar-refractivity contribution is 0.375. The Morgan fingerprint density at radius 1 is 1.08 bits per heavy atom. The first-order valence-electron chi connectivity index (χ1n) is 7.78. The van der Waals surface area contributed by atoms with Crippen molar-refractivity contribution >= 4 is 15.7 Å². The van der Waals surface area contributed by atoms with Crippen LogP contribution in [0.15, 0.2) is 53.6 Å². The van der Waals surface area contributed by atoms with Crippen LogP contribution in [0.2, 0.25) is 0 Å². The van der Waals surface area contributed by atoms with Gasteiger partial charge in [-0.1, -0.05) is 30.3 Å². The van der Waals surface area contributed by atoms with Crippen LogP contribution in [0.1, 0.15) is 23.6 Å². The highest BCUT2D eigenvalue weighted by molar-refractivity contribution is 7.88. The van der Waals surface area contributed by atoms with Gasteiger partial charge in [0, 0.05) is 18.1 Å². The summed E-state index contributed by atoms with van der Waals surface area (Å²) in [4.78, 5) is 0. The van der Waals surface area contributed by atoms with Crippen molar-refractivity contribution in [1.29, 1.82) is 0 Å². The van der Waals surface area contributed by atoms with E-state index in [0.29, 0.717) is 23.6 Å². The van der Waals surface area contributed by atoms with Gasteiger partial charge in [-0.05, 0) is 17.7 Å². The molecule has 3 rings (SSSR count). The summed E-state index contributed by atoms with van der Waals surface area (Å²) in [7, 11) is -0.345. The summed E-state index contributed by atoms with van der Waals surface area (Å²) < 4.78 is 36.3. The van der Waals surface area contributed by atoms with E-state index in [0.717, 1.165) is 11.1 Å². The minimum absolute atomic E-state index is 0.363. The number of nitrogens with zero attached hydrogens (tertiary/aromatic N) is 2. The van der Waals surface area contributed by atoms with Gasteiger partial charge >= 0.3 is 0 Å². The van der Waals surface area contributed by atoms with Gasteiger partial charge in [-0.3, -0.25) is 0 Å². The van der Waals surface area contributed by atoms with Crippen LogP contribution in [0, 0.1) is 0 Å². The van der Waals surface area contributed by atoms with Gasteiger partial charge < -0.3 is 9.47 Å². The molecule has 1 aliphatic rings. The molecule has 132 valence electrons. The number of ether oxygens (including phenoxy) is 2. The lowest BCUT2D eigenvalue weighted by Crippen LogP contribution is -2.25. The lowest BCUT2D eigenvalue weighted by atomic mass is 9.98. The van der Waals surface area contributed by atoms with Crippen LogP contribution in [0.5, 0.6) is 11.5 Å². The summed E-state index contributed by atoms with van der Waals surface area (Å²) >= 11 is 0. The number of hydrogen-bond acceptors (Lipinski definition) is 5. The Balaban J connectivity index is 2.04. The van der Waals surface area contributed by atoms with Crippen molar-refractivity contribution in [3.63, 3.8) is 0 Å². The molecule has 0 aliphatic carbocycles. The first-order chi connectivity index (χ1) is 11.9. The molecule has 0 radical (unpaired) electrons. The molecule has 0 saturated heterocycles. The summed E-state index contributed by atoms with van der Waals surface area (Å²) in [6.07, 6.45) is 1.64. The van der Waals surface area contributed by atoms with E-state index in [1.165, 1.54) is 10.7 Å². The predicted molar refractivity (Wildman–Crippen MR) is 96.6 cm³/mol. The summed E-state index contributed by atoms with van der Waals surface area (Å²) in [5.41, 5.74) is 2.33. The SMILES string of the molecule is COc1ccc(C2=NN(S(C)(=O)=O)[C@H](c3ccccc3)C2)c(OC)c1. The standard InChI is InChI=1S/C18H20N2O4S/c1-23-14-9-10-15(18(11-14)24-2)16-12-17(13-7-5-4-6-8-13)20(19-16)25(3,21)22/h4-11,17H,12H2,1-3H3/t17-/m0/s1. The van der Waals surface area contributed by atoms with E-state index in [9.17, 15) is 8.42 Å². The van der Waals surface area contributed by atoms with Crippen molar-refractivity contribution in [2.24, 2.45) is 5.10 Å². The van der Waals surface area contributed by atoms with E-state index in [1.54, 1.807) is 26.4 Å².